The summed E-state index contributed by atoms with van der Waals surface area (Å²) < 4.78 is 0. The van der Waals surface area contributed by atoms with Gasteiger partial charge in [-0.2, -0.15) is 0 Å². The molecule has 6 nitrogen and oxygen atoms in total. The molecule has 0 aromatic heterocycles. The van der Waals surface area contributed by atoms with E-state index in [1.54, 1.807) is 18.2 Å². The number of nitro benzene ring substituents is 1. The van der Waals surface area contributed by atoms with Gasteiger partial charge in [-0.05, 0) is 53.5 Å². The Bertz CT molecular complexity index is 1170. The maximum absolute atomic E-state index is 11.9. The summed E-state index contributed by atoms with van der Waals surface area (Å²) in [6, 6.07) is 10.8. The number of fused-ring (bicyclic) bond motifs is 4. The first kappa shape index (κ1) is 18.4. The molecule has 0 bridgehead atoms. The van der Waals surface area contributed by atoms with Gasteiger partial charge in [-0.1, -0.05) is 36.4 Å². The molecule has 2 aliphatic heterocycles. The Hall–Kier alpha value is -3.41. The molecule has 2 aromatic carbocycles. The summed E-state index contributed by atoms with van der Waals surface area (Å²) in [5.74, 6) is 0.0929. The molecule has 0 radical (unpaired) electrons. The smallest absolute Gasteiger partial charge is 0.335 e. The number of non-ortho nitro benzene ring substituents is 1. The van der Waals surface area contributed by atoms with Crippen LogP contribution in [-0.2, 0) is 0 Å². The fourth-order valence-corrected chi connectivity index (χ4v) is 6.30. The molecular formula is C25H22N2O4. The second-order valence-electron chi connectivity index (χ2n) is 9.06. The molecule has 156 valence electrons. The van der Waals surface area contributed by atoms with Crippen molar-refractivity contribution in [2.45, 2.75) is 30.7 Å². The molecule has 5 atom stereocenters. The van der Waals surface area contributed by atoms with E-state index in [2.05, 4.69) is 29.2 Å². The number of aromatic carboxylic acids is 1. The lowest BCUT2D eigenvalue weighted by atomic mass is 9.70. The van der Waals surface area contributed by atoms with Gasteiger partial charge >= 0.3 is 5.97 Å². The number of allylic oxidation sites excluding steroid dienone is 4. The number of nitro groups is 1. The summed E-state index contributed by atoms with van der Waals surface area (Å²) in [6.45, 7) is 0.876. The average molecular weight is 414 g/mol. The van der Waals surface area contributed by atoms with Crippen molar-refractivity contribution in [2.24, 2.45) is 11.8 Å². The summed E-state index contributed by atoms with van der Waals surface area (Å²) in [4.78, 5) is 25.5. The normalized spacial score (nSPS) is 29.4. The molecule has 0 fully saturated rings. The number of benzene rings is 2. The highest BCUT2D eigenvalue weighted by Crippen LogP contribution is 2.59. The molecular weight excluding hydrogens is 392 g/mol. The van der Waals surface area contributed by atoms with Crippen LogP contribution in [0, 0.1) is 22.0 Å². The van der Waals surface area contributed by atoms with Crippen molar-refractivity contribution in [3.8, 4) is 0 Å². The molecule has 0 spiro atoms. The Morgan fingerprint density at radius 1 is 1.06 bits per heavy atom. The van der Waals surface area contributed by atoms with E-state index in [4.69, 9.17) is 0 Å². The minimum atomic E-state index is -0.894. The van der Waals surface area contributed by atoms with Crippen molar-refractivity contribution in [2.75, 3.05) is 11.4 Å². The molecule has 4 aliphatic rings. The lowest BCUT2D eigenvalue weighted by Gasteiger charge is -2.51. The lowest BCUT2D eigenvalue weighted by Crippen LogP contribution is -2.46. The summed E-state index contributed by atoms with van der Waals surface area (Å²) in [7, 11) is 0. The van der Waals surface area contributed by atoms with Crippen LogP contribution in [0.15, 0.2) is 60.7 Å². The zero-order valence-corrected chi connectivity index (χ0v) is 16.8. The van der Waals surface area contributed by atoms with E-state index in [0.29, 0.717) is 11.5 Å². The average Bonchev–Trinajstić information content (AvgIpc) is 3.43. The van der Waals surface area contributed by atoms with Crippen molar-refractivity contribution in [3.05, 3.63) is 93.1 Å². The lowest BCUT2D eigenvalue weighted by molar-refractivity contribution is -0.384. The second kappa shape index (κ2) is 6.54. The van der Waals surface area contributed by atoms with Gasteiger partial charge in [-0.25, -0.2) is 4.79 Å². The highest BCUT2D eigenvalue weighted by atomic mass is 16.6. The van der Waals surface area contributed by atoms with Crippen molar-refractivity contribution >= 4 is 17.3 Å². The zero-order chi connectivity index (χ0) is 21.3. The molecule has 2 aromatic rings. The van der Waals surface area contributed by atoms with E-state index >= 15 is 0 Å². The third-order valence-electron chi connectivity index (χ3n) is 7.52. The fraction of sp³-hybridized carbons (Fsp3) is 0.320. The van der Waals surface area contributed by atoms with Crippen LogP contribution in [0.5, 0.6) is 0 Å². The van der Waals surface area contributed by atoms with Gasteiger partial charge in [0.15, 0.2) is 0 Å². The number of hydrogen-bond acceptors (Lipinski definition) is 4. The third-order valence-corrected chi connectivity index (χ3v) is 7.52. The van der Waals surface area contributed by atoms with Gasteiger partial charge in [0.05, 0.1) is 16.5 Å². The first-order valence-corrected chi connectivity index (χ1v) is 10.8. The van der Waals surface area contributed by atoms with Crippen molar-refractivity contribution in [3.63, 3.8) is 0 Å². The third kappa shape index (κ3) is 2.60. The number of carboxylic acids is 1. The number of nitrogens with zero attached hydrogens (tertiary/aromatic N) is 2. The molecule has 1 N–H and O–H groups in total. The number of hydrogen-bond donors (Lipinski definition) is 1. The Labute approximate surface area is 179 Å². The maximum Gasteiger partial charge on any atom is 0.335 e. The SMILES string of the molecule is O=C(O)c1cc2c3c(c1)[C@H]1C=CC[C@@H]1[C@@H](c1cccc([N+](=O)[O-])c1)N3C[C@H]1CC=C[C@H]21. The highest BCUT2D eigenvalue weighted by molar-refractivity contribution is 5.90. The highest BCUT2D eigenvalue weighted by Gasteiger charge is 2.48. The van der Waals surface area contributed by atoms with Crippen LogP contribution in [0.2, 0.25) is 0 Å². The van der Waals surface area contributed by atoms with Gasteiger partial charge in [-0.15, -0.1) is 0 Å². The molecule has 0 unspecified atom stereocenters. The topological polar surface area (TPSA) is 83.7 Å². The van der Waals surface area contributed by atoms with Crippen LogP contribution in [0.3, 0.4) is 0 Å². The van der Waals surface area contributed by atoms with E-state index in [0.717, 1.165) is 41.8 Å². The first-order chi connectivity index (χ1) is 15.0. The van der Waals surface area contributed by atoms with E-state index in [9.17, 15) is 20.0 Å². The predicted octanol–water partition coefficient (Wildman–Crippen LogP) is 5.19. The number of carbonyl (C=O) groups is 1. The second-order valence-corrected chi connectivity index (χ2v) is 9.06. The summed E-state index contributed by atoms with van der Waals surface area (Å²) in [6.07, 6.45) is 10.7. The van der Waals surface area contributed by atoms with Crippen LogP contribution in [0.4, 0.5) is 11.4 Å². The van der Waals surface area contributed by atoms with Crippen molar-refractivity contribution in [1.29, 1.82) is 0 Å². The number of anilines is 1. The fourth-order valence-electron chi connectivity index (χ4n) is 6.30. The standard InChI is InChI=1S/C25H22N2O4/c28-25(29)16-11-21-18-7-2-5-15(18)13-26-23(14-4-1-6-17(10-14)27(30)31)20-9-3-8-19(20)22(12-16)24(21)26/h1-4,6-8,10-12,15,18-20,23H,5,9,13H2,(H,28,29)/t15-,18+,19+,20+,23-/m1/s1. The molecule has 31 heavy (non-hydrogen) atoms. The summed E-state index contributed by atoms with van der Waals surface area (Å²) in [5, 5.41) is 21.2. The van der Waals surface area contributed by atoms with Crippen LogP contribution >= 0.6 is 0 Å². The van der Waals surface area contributed by atoms with E-state index in [1.807, 2.05) is 18.2 Å². The van der Waals surface area contributed by atoms with Gasteiger partial charge in [-0.3, -0.25) is 10.1 Å². The number of carboxylic acid groups (broad SMARTS) is 1. The monoisotopic (exact) mass is 414 g/mol. The predicted molar refractivity (Wildman–Crippen MR) is 117 cm³/mol. The van der Waals surface area contributed by atoms with Gasteiger partial charge in [0.25, 0.3) is 5.69 Å². The zero-order valence-electron chi connectivity index (χ0n) is 16.8. The quantitative estimate of drug-likeness (QED) is 0.425. The molecule has 6 rings (SSSR count). The van der Waals surface area contributed by atoms with Crippen LogP contribution in [0.1, 0.15) is 57.8 Å². The molecule has 2 heterocycles. The van der Waals surface area contributed by atoms with Crippen molar-refractivity contribution in [1.82, 2.24) is 0 Å². The van der Waals surface area contributed by atoms with Gasteiger partial charge < -0.3 is 10.0 Å². The molecule has 0 saturated carbocycles. The van der Waals surface area contributed by atoms with E-state index in [1.165, 1.54) is 0 Å². The Morgan fingerprint density at radius 3 is 2.58 bits per heavy atom. The minimum absolute atomic E-state index is 0.0309. The van der Waals surface area contributed by atoms with Gasteiger partial charge in [0.2, 0.25) is 0 Å². The van der Waals surface area contributed by atoms with E-state index < -0.39 is 5.97 Å². The van der Waals surface area contributed by atoms with Crippen LogP contribution in [0.25, 0.3) is 0 Å². The summed E-state index contributed by atoms with van der Waals surface area (Å²) in [5.41, 5.74) is 4.76. The van der Waals surface area contributed by atoms with Crippen molar-refractivity contribution < 1.29 is 14.8 Å². The largest absolute Gasteiger partial charge is 0.478 e. The minimum Gasteiger partial charge on any atom is -0.478 e. The van der Waals surface area contributed by atoms with Gasteiger partial charge in [0.1, 0.15) is 0 Å². The molecule has 6 heteroatoms. The van der Waals surface area contributed by atoms with Gasteiger partial charge in [0, 0.05) is 36.2 Å². The first-order valence-electron chi connectivity index (χ1n) is 10.8. The summed E-state index contributed by atoms with van der Waals surface area (Å²) >= 11 is 0. The molecule has 0 amide bonds. The number of rotatable bonds is 3. The molecule has 2 aliphatic carbocycles. The Morgan fingerprint density at radius 2 is 1.81 bits per heavy atom. The maximum atomic E-state index is 11.9. The molecule has 0 saturated heterocycles. The Balaban J connectivity index is 1.58. The van der Waals surface area contributed by atoms with E-state index in [-0.39, 0.29) is 34.4 Å². The Kier molecular flexibility index (Phi) is 3.88. The van der Waals surface area contributed by atoms with Crippen LogP contribution in [-0.4, -0.2) is 22.5 Å². The van der Waals surface area contributed by atoms with Crippen LogP contribution < -0.4 is 4.90 Å².